The van der Waals surface area contributed by atoms with Gasteiger partial charge in [0.05, 0.1) is 11.3 Å². The average Bonchev–Trinajstić information content (AvgIpc) is 2.44. The molecule has 1 aromatic rings. The van der Waals surface area contributed by atoms with Gasteiger partial charge in [0.1, 0.15) is 17.6 Å². The molecule has 1 aliphatic rings. The molecule has 2 rings (SSSR count). The van der Waals surface area contributed by atoms with Gasteiger partial charge in [-0.15, -0.1) is 0 Å². The second-order valence-electron chi connectivity index (χ2n) is 5.69. The van der Waals surface area contributed by atoms with E-state index in [1.165, 1.54) is 0 Å². The fourth-order valence-electron chi connectivity index (χ4n) is 2.62. The van der Waals surface area contributed by atoms with Gasteiger partial charge in [-0.1, -0.05) is 32.0 Å². The Morgan fingerprint density at radius 3 is 2.50 bits per heavy atom. The third-order valence-electron chi connectivity index (χ3n) is 4.22. The fourth-order valence-corrected chi connectivity index (χ4v) is 4.85. The number of hydrogen-bond donors (Lipinski definition) is 1. The van der Waals surface area contributed by atoms with Crippen molar-refractivity contribution in [2.75, 3.05) is 13.7 Å². The van der Waals surface area contributed by atoms with Crippen LogP contribution in [0.2, 0.25) is 0 Å². The standard InChI is InChI=1S/C15H23NO3S/c1-10(2)11(3)20(17,18)14-9-19-13-8-6-5-7-12(13)15(14)16-4/h5-8,10-11,14-16H,9H2,1-4H3. The van der Waals surface area contributed by atoms with E-state index in [1.54, 1.807) is 14.0 Å². The molecular weight excluding hydrogens is 274 g/mol. The minimum Gasteiger partial charge on any atom is -0.492 e. The molecular formula is C15H23NO3S. The summed E-state index contributed by atoms with van der Waals surface area (Å²) in [7, 11) is -1.45. The van der Waals surface area contributed by atoms with Crippen LogP contribution < -0.4 is 10.1 Å². The SMILES string of the molecule is CNC1c2ccccc2OCC1S(=O)(=O)C(C)C(C)C. The highest BCUT2D eigenvalue weighted by Gasteiger charge is 2.42. The lowest BCUT2D eigenvalue weighted by molar-refractivity contribution is 0.257. The van der Waals surface area contributed by atoms with Crippen LogP contribution >= 0.6 is 0 Å². The summed E-state index contributed by atoms with van der Waals surface area (Å²) in [6, 6.07) is 7.41. The molecule has 0 fully saturated rings. The predicted molar refractivity (Wildman–Crippen MR) is 80.7 cm³/mol. The molecule has 0 radical (unpaired) electrons. The van der Waals surface area contributed by atoms with Crippen molar-refractivity contribution in [3.05, 3.63) is 29.8 Å². The minimum absolute atomic E-state index is 0.0923. The largest absolute Gasteiger partial charge is 0.492 e. The summed E-state index contributed by atoms with van der Waals surface area (Å²) in [6.07, 6.45) is 0. The maximum Gasteiger partial charge on any atom is 0.161 e. The zero-order valence-corrected chi connectivity index (χ0v) is 13.3. The van der Waals surface area contributed by atoms with Gasteiger partial charge in [0.2, 0.25) is 0 Å². The minimum atomic E-state index is -3.25. The van der Waals surface area contributed by atoms with E-state index in [9.17, 15) is 8.42 Å². The smallest absolute Gasteiger partial charge is 0.161 e. The number of rotatable bonds is 4. The Morgan fingerprint density at radius 2 is 1.90 bits per heavy atom. The van der Waals surface area contributed by atoms with Gasteiger partial charge < -0.3 is 10.1 Å². The average molecular weight is 297 g/mol. The lowest BCUT2D eigenvalue weighted by Gasteiger charge is -2.35. The van der Waals surface area contributed by atoms with Crippen molar-refractivity contribution < 1.29 is 13.2 Å². The molecule has 4 nitrogen and oxygen atoms in total. The normalized spacial score (nSPS) is 24.1. The monoisotopic (exact) mass is 297 g/mol. The van der Waals surface area contributed by atoms with E-state index in [0.717, 1.165) is 11.3 Å². The second-order valence-corrected chi connectivity index (χ2v) is 8.22. The molecule has 0 spiro atoms. The Labute approximate surface area is 121 Å². The van der Waals surface area contributed by atoms with Gasteiger partial charge in [0, 0.05) is 5.56 Å². The highest BCUT2D eigenvalue weighted by Crippen LogP contribution is 2.36. The van der Waals surface area contributed by atoms with Crippen LogP contribution in [0.5, 0.6) is 5.75 Å². The van der Waals surface area contributed by atoms with Gasteiger partial charge in [-0.3, -0.25) is 0 Å². The summed E-state index contributed by atoms with van der Waals surface area (Å²) >= 11 is 0. The molecule has 5 heteroatoms. The first-order chi connectivity index (χ1) is 9.39. The summed E-state index contributed by atoms with van der Waals surface area (Å²) in [5.74, 6) is 0.866. The molecule has 0 aromatic heterocycles. The van der Waals surface area contributed by atoms with E-state index < -0.39 is 15.1 Å². The summed E-state index contributed by atoms with van der Waals surface area (Å²) in [5, 5.41) is 2.23. The number of fused-ring (bicyclic) bond motifs is 1. The topological polar surface area (TPSA) is 55.4 Å². The first kappa shape index (κ1) is 15.3. The Hall–Kier alpha value is -1.07. The molecule has 20 heavy (non-hydrogen) atoms. The van der Waals surface area contributed by atoms with Crippen LogP contribution in [-0.4, -0.2) is 32.6 Å². The molecule has 0 aliphatic carbocycles. The van der Waals surface area contributed by atoms with Crippen LogP contribution in [0.3, 0.4) is 0 Å². The van der Waals surface area contributed by atoms with Crippen molar-refractivity contribution >= 4 is 9.84 Å². The van der Waals surface area contributed by atoms with Crippen LogP contribution in [0.1, 0.15) is 32.4 Å². The van der Waals surface area contributed by atoms with Crippen LogP contribution in [0.25, 0.3) is 0 Å². The summed E-state index contributed by atoms with van der Waals surface area (Å²) in [5.41, 5.74) is 0.922. The molecule has 3 unspecified atom stereocenters. The second kappa shape index (κ2) is 5.74. The van der Waals surface area contributed by atoms with Crippen molar-refractivity contribution in [2.24, 2.45) is 5.92 Å². The number of hydrogen-bond acceptors (Lipinski definition) is 4. The maximum atomic E-state index is 12.8. The zero-order chi connectivity index (χ0) is 14.9. The Bertz CT molecular complexity index is 568. The molecule has 0 bridgehead atoms. The highest BCUT2D eigenvalue weighted by atomic mass is 32.2. The summed E-state index contributed by atoms with van der Waals surface area (Å²) in [6.45, 7) is 5.87. The molecule has 0 amide bonds. The molecule has 1 aliphatic heterocycles. The van der Waals surface area contributed by atoms with Crippen molar-refractivity contribution in [1.29, 1.82) is 0 Å². The van der Waals surface area contributed by atoms with Gasteiger partial charge in [0.25, 0.3) is 0 Å². The quantitative estimate of drug-likeness (QED) is 0.925. The lowest BCUT2D eigenvalue weighted by atomic mass is 10.0. The first-order valence-corrected chi connectivity index (χ1v) is 8.62. The van der Waals surface area contributed by atoms with E-state index in [1.807, 2.05) is 38.1 Å². The van der Waals surface area contributed by atoms with E-state index in [2.05, 4.69) is 5.32 Å². The molecule has 1 aromatic carbocycles. The zero-order valence-electron chi connectivity index (χ0n) is 12.5. The van der Waals surface area contributed by atoms with Gasteiger partial charge in [-0.2, -0.15) is 0 Å². The van der Waals surface area contributed by atoms with Crippen molar-refractivity contribution in [2.45, 2.75) is 37.3 Å². The molecule has 1 N–H and O–H groups in total. The van der Waals surface area contributed by atoms with Crippen LogP contribution in [0.4, 0.5) is 0 Å². The van der Waals surface area contributed by atoms with Crippen LogP contribution in [-0.2, 0) is 9.84 Å². The highest BCUT2D eigenvalue weighted by molar-refractivity contribution is 7.92. The van der Waals surface area contributed by atoms with Gasteiger partial charge in [-0.25, -0.2) is 8.42 Å². The van der Waals surface area contributed by atoms with Crippen molar-refractivity contribution in [1.82, 2.24) is 5.32 Å². The van der Waals surface area contributed by atoms with E-state index >= 15 is 0 Å². The molecule has 0 saturated carbocycles. The van der Waals surface area contributed by atoms with E-state index in [4.69, 9.17) is 4.74 Å². The van der Waals surface area contributed by atoms with Crippen LogP contribution in [0, 0.1) is 5.92 Å². The van der Waals surface area contributed by atoms with Crippen molar-refractivity contribution in [3.8, 4) is 5.75 Å². The Morgan fingerprint density at radius 1 is 1.25 bits per heavy atom. The van der Waals surface area contributed by atoms with Crippen molar-refractivity contribution in [3.63, 3.8) is 0 Å². The van der Waals surface area contributed by atoms with Gasteiger partial charge in [-0.05, 0) is 26.0 Å². The lowest BCUT2D eigenvalue weighted by Crippen LogP contribution is -2.47. The van der Waals surface area contributed by atoms with E-state index in [0.29, 0.717) is 0 Å². The number of benzene rings is 1. The number of sulfone groups is 1. The van der Waals surface area contributed by atoms with E-state index in [-0.39, 0.29) is 23.8 Å². The molecule has 112 valence electrons. The third kappa shape index (κ3) is 2.56. The maximum absolute atomic E-state index is 12.8. The fraction of sp³-hybridized carbons (Fsp3) is 0.600. The number of nitrogens with one attached hydrogen (secondary N) is 1. The van der Waals surface area contributed by atoms with Crippen LogP contribution in [0.15, 0.2) is 24.3 Å². The summed E-state index contributed by atoms with van der Waals surface area (Å²) < 4.78 is 31.2. The predicted octanol–water partition coefficient (Wildman–Crippen LogP) is 2.17. The van der Waals surface area contributed by atoms with Gasteiger partial charge in [0.15, 0.2) is 9.84 Å². The van der Waals surface area contributed by atoms with Gasteiger partial charge >= 0.3 is 0 Å². The molecule has 0 saturated heterocycles. The number of ether oxygens (including phenoxy) is 1. The molecule has 1 heterocycles. The molecule has 3 atom stereocenters. The third-order valence-corrected chi connectivity index (χ3v) is 7.05. The first-order valence-electron chi connectivity index (χ1n) is 7.01. The Kier molecular flexibility index (Phi) is 4.39. The summed E-state index contributed by atoms with van der Waals surface area (Å²) in [4.78, 5) is 0. The Balaban J connectivity index is 2.40. The number of para-hydroxylation sites is 1.